The van der Waals surface area contributed by atoms with Crippen LogP contribution in [-0.2, 0) is 4.79 Å². The Morgan fingerprint density at radius 2 is 2.12 bits per heavy atom. The molecule has 0 radical (unpaired) electrons. The van der Waals surface area contributed by atoms with Crippen LogP contribution in [0.2, 0.25) is 0 Å². The standard InChI is InChI=1S/C13H16N2O/c1-9-7-10(2)13(14)12(8-9)5-4-6-15-11(3)16/h7-8H,6,14H2,1-3H3,(H,15,16). The first-order valence-electron chi connectivity index (χ1n) is 5.10. The smallest absolute Gasteiger partial charge is 0.217 e. The SMILES string of the molecule is CC(=O)NCC#Cc1cc(C)cc(C)c1N. The number of nitrogen functional groups attached to an aromatic ring is 1. The number of hydrogen-bond donors (Lipinski definition) is 2. The van der Waals surface area contributed by atoms with Crippen molar-refractivity contribution in [3.63, 3.8) is 0 Å². The molecule has 1 aromatic rings. The zero-order valence-corrected chi connectivity index (χ0v) is 9.85. The molecule has 0 aliphatic heterocycles. The van der Waals surface area contributed by atoms with Crippen molar-refractivity contribution in [1.29, 1.82) is 0 Å². The van der Waals surface area contributed by atoms with Crippen LogP contribution in [0.5, 0.6) is 0 Å². The van der Waals surface area contributed by atoms with Gasteiger partial charge in [0.25, 0.3) is 0 Å². The van der Waals surface area contributed by atoms with E-state index >= 15 is 0 Å². The van der Waals surface area contributed by atoms with Crippen LogP contribution >= 0.6 is 0 Å². The van der Waals surface area contributed by atoms with E-state index in [1.165, 1.54) is 6.92 Å². The minimum absolute atomic E-state index is 0.0808. The van der Waals surface area contributed by atoms with Crippen molar-refractivity contribution in [3.8, 4) is 11.8 Å². The van der Waals surface area contributed by atoms with E-state index < -0.39 is 0 Å². The van der Waals surface area contributed by atoms with Crippen molar-refractivity contribution in [1.82, 2.24) is 5.32 Å². The average Bonchev–Trinajstić information content (AvgIpc) is 2.19. The summed E-state index contributed by atoms with van der Waals surface area (Å²) < 4.78 is 0. The van der Waals surface area contributed by atoms with E-state index in [9.17, 15) is 4.79 Å². The third kappa shape index (κ3) is 3.32. The Balaban J connectivity index is 2.84. The Morgan fingerprint density at radius 3 is 2.75 bits per heavy atom. The van der Waals surface area contributed by atoms with Crippen LogP contribution < -0.4 is 11.1 Å². The predicted octanol–water partition coefficient (Wildman–Crippen LogP) is 1.37. The maximum absolute atomic E-state index is 10.6. The summed E-state index contributed by atoms with van der Waals surface area (Å²) in [6.45, 7) is 5.78. The van der Waals surface area contributed by atoms with Gasteiger partial charge in [-0.25, -0.2) is 0 Å². The molecule has 0 unspecified atom stereocenters. The molecule has 0 aromatic heterocycles. The number of amides is 1. The number of benzene rings is 1. The monoisotopic (exact) mass is 216 g/mol. The highest BCUT2D eigenvalue weighted by Gasteiger charge is 2.00. The van der Waals surface area contributed by atoms with Crippen LogP contribution in [0.4, 0.5) is 5.69 Å². The number of carbonyl (C=O) groups excluding carboxylic acids is 1. The van der Waals surface area contributed by atoms with Gasteiger partial charge in [0.05, 0.1) is 12.2 Å². The van der Waals surface area contributed by atoms with Crippen LogP contribution in [0, 0.1) is 25.7 Å². The normalized spacial score (nSPS) is 9.19. The molecule has 1 aromatic carbocycles. The van der Waals surface area contributed by atoms with Crippen LogP contribution in [0.1, 0.15) is 23.6 Å². The number of carbonyl (C=O) groups is 1. The Hall–Kier alpha value is -1.95. The number of hydrogen-bond acceptors (Lipinski definition) is 2. The number of anilines is 1. The second-order valence-electron chi connectivity index (χ2n) is 3.75. The summed E-state index contributed by atoms with van der Waals surface area (Å²) in [5, 5.41) is 2.61. The topological polar surface area (TPSA) is 55.1 Å². The molecule has 0 aliphatic rings. The molecule has 1 amide bonds. The van der Waals surface area contributed by atoms with Gasteiger partial charge in [0.2, 0.25) is 5.91 Å². The van der Waals surface area contributed by atoms with Gasteiger partial charge < -0.3 is 11.1 Å². The molecule has 0 heterocycles. The summed E-state index contributed by atoms with van der Waals surface area (Å²) in [6.07, 6.45) is 0. The number of nitrogens with two attached hydrogens (primary N) is 1. The van der Waals surface area contributed by atoms with Gasteiger partial charge in [0.1, 0.15) is 0 Å². The molecule has 0 saturated carbocycles. The minimum Gasteiger partial charge on any atom is -0.398 e. The summed E-state index contributed by atoms with van der Waals surface area (Å²) >= 11 is 0. The quantitative estimate of drug-likeness (QED) is 0.550. The van der Waals surface area contributed by atoms with Gasteiger partial charge in [-0.3, -0.25) is 4.79 Å². The zero-order valence-electron chi connectivity index (χ0n) is 9.85. The molecule has 0 saturated heterocycles. The van der Waals surface area contributed by atoms with Crippen LogP contribution in [0.15, 0.2) is 12.1 Å². The van der Waals surface area contributed by atoms with Crippen LogP contribution in [0.3, 0.4) is 0 Å². The lowest BCUT2D eigenvalue weighted by atomic mass is 10.0. The Bertz CT molecular complexity index is 467. The van der Waals surface area contributed by atoms with Crippen LogP contribution in [0.25, 0.3) is 0 Å². The number of nitrogens with one attached hydrogen (secondary N) is 1. The van der Waals surface area contributed by atoms with Crippen molar-refractivity contribution < 1.29 is 4.79 Å². The van der Waals surface area contributed by atoms with Gasteiger partial charge in [-0.1, -0.05) is 17.9 Å². The van der Waals surface area contributed by atoms with Gasteiger partial charge in [0, 0.05) is 12.5 Å². The minimum atomic E-state index is -0.0808. The number of aryl methyl sites for hydroxylation is 2. The van der Waals surface area contributed by atoms with E-state index in [-0.39, 0.29) is 5.91 Å². The molecule has 84 valence electrons. The average molecular weight is 216 g/mol. The highest BCUT2D eigenvalue weighted by molar-refractivity contribution is 5.73. The van der Waals surface area contributed by atoms with Gasteiger partial charge in [-0.05, 0) is 31.0 Å². The second-order valence-corrected chi connectivity index (χ2v) is 3.75. The summed E-state index contributed by atoms with van der Waals surface area (Å²) in [5.41, 5.74) is 9.60. The molecule has 3 N–H and O–H groups in total. The van der Waals surface area contributed by atoms with Crippen molar-refractivity contribution in [3.05, 3.63) is 28.8 Å². The van der Waals surface area contributed by atoms with Gasteiger partial charge in [-0.2, -0.15) is 0 Å². The van der Waals surface area contributed by atoms with Crippen molar-refractivity contribution in [2.24, 2.45) is 0 Å². The van der Waals surface area contributed by atoms with Gasteiger partial charge >= 0.3 is 0 Å². The van der Waals surface area contributed by atoms with Crippen molar-refractivity contribution in [2.75, 3.05) is 12.3 Å². The molecule has 3 nitrogen and oxygen atoms in total. The predicted molar refractivity (Wildman–Crippen MR) is 65.9 cm³/mol. The molecule has 3 heteroatoms. The van der Waals surface area contributed by atoms with Gasteiger partial charge in [0.15, 0.2) is 0 Å². The number of rotatable bonds is 1. The first-order chi connectivity index (χ1) is 7.50. The molecule has 0 spiro atoms. The third-order valence-corrected chi connectivity index (χ3v) is 2.18. The summed E-state index contributed by atoms with van der Waals surface area (Å²) in [6, 6.07) is 3.97. The fraction of sp³-hybridized carbons (Fsp3) is 0.308. The second kappa shape index (κ2) is 5.22. The van der Waals surface area contributed by atoms with Crippen molar-refractivity contribution in [2.45, 2.75) is 20.8 Å². The van der Waals surface area contributed by atoms with E-state index in [4.69, 9.17) is 5.73 Å². The lowest BCUT2D eigenvalue weighted by molar-refractivity contribution is -0.118. The lowest BCUT2D eigenvalue weighted by Gasteiger charge is -2.04. The van der Waals surface area contributed by atoms with Crippen molar-refractivity contribution >= 4 is 11.6 Å². The Kier molecular flexibility index (Phi) is 3.96. The maximum atomic E-state index is 10.6. The third-order valence-electron chi connectivity index (χ3n) is 2.18. The largest absolute Gasteiger partial charge is 0.398 e. The molecule has 0 bridgehead atoms. The van der Waals surface area contributed by atoms with E-state index in [1.54, 1.807) is 0 Å². The maximum Gasteiger partial charge on any atom is 0.217 e. The van der Waals surface area contributed by atoms with Gasteiger partial charge in [-0.15, -0.1) is 0 Å². The highest BCUT2D eigenvalue weighted by Crippen LogP contribution is 2.17. The summed E-state index contributed by atoms with van der Waals surface area (Å²) in [4.78, 5) is 10.6. The lowest BCUT2D eigenvalue weighted by Crippen LogP contribution is -2.19. The van der Waals surface area contributed by atoms with Crippen LogP contribution in [-0.4, -0.2) is 12.5 Å². The molecule has 16 heavy (non-hydrogen) atoms. The molecule has 0 aliphatic carbocycles. The molecular formula is C13H16N2O. The summed E-state index contributed by atoms with van der Waals surface area (Å²) in [7, 11) is 0. The Labute approximate surface area is 96.0 Å². The van der Waals surface area contributed by atoms with E-state index in [0.29, 0.717) is 12.2 Å². The molecule has 0 atom stereocenters. The van der Waals surface area contributed by atoms with E-state index in [0.717, 1.165) is 16.7 Å². The molecular weight excluding hydrogens is 200 g/mol. The summed E-state index contributed by atoms with van der Waals surface area (Å²) in [5.74, 6) is 5.75. The Morgan fingerprint density at radius 1 is 1.44 bits per heavy atom. The molecule has 0 fully saturated rings. The zero-order chi connectivity index (χ0) is 12.1. The fourth-order valence-electron chi connectivity index (χ4n) is 1.39. The first-order valence-corrected chi connectivity index (χ1v) is 5.10. The first kappa shape index (κ1) is 12.1. The van der Waals surface area contributed by atoms with E-state index in [1.807, 2.05) is 26.0 Å². The van der Waals surface area contributed by atoms with E-state index in [2.05, 4.69) is 17.2 Å². The molecule has 1 rings (SSSR count). The highest BCUT2D eigenvalue weighted by atomic mass is 16.1. The fourth-order valence-corrected chi connectivity index (χ4v) is 1.39.